The van der Waals surface area contributed by atoms with Crippen molar-refractivity contribution in [2.24, 2.45) is 5.92 Å². The van der Waals surface area contributed by atoms with Gasteiger partial charge >= 0.3 is 0 Å². The summed E-state index contributed by atoms with van der Waals surface area (Å²) in [5, 5.41) is 0. The van der Waals surface area contributed by atoms with Gasteiger partial charge in [-0.2, -0.15) is 0 Å². The Morgan fingerprint density at radius 3 is 3.00 bits per heavy atom. The van der Waals surface area contributed by atoms with Crippen LogP contribution in [0.1, 0.15) is 42.4 Å². The second-order valence-corrected chi connectivity index (χ2v) is 3.67. The van der Waals surface area contributed by atoms with Crippen molar-refractivity contribution in [2.75, 3.05) is 0 Å². The number of carbonyl (C=O) groups excluding carboxylic acids is 1. The Morgan fingerprint density at radius 2 is 2.31 bits per heavy atom. The Kier molecular flexibility index (Phi) is 1.94. The maximum absolute atomic E-state index is 11.5. The first-order valence-electron chi connectivity index (χ1n) is 4.72. The zero-order chi connectivity index (χ0) is 9.42. The van der Waals surface area contributed by atoms with E-state index in [2.05, 4.69) is 11.9 Å². The van der Waals surface area contributed by atoms with E-state index >= 15 is 0 Å². The van der Waals surface area contributed by atoms with Crippen molar-refractivity contribution < 1.29 is 9.21 Å². The van der Waals surface area contributed by atoms with Crippen LogP contribution in [0.25, 0.3) is 0 Å². The molecule has 0 spiro atoms. The first-order valence-corrected chi connectivity index (χ1v) is 4.72. The Hall–Kier alpha value is -1.12. The second-order valence-electron chi connectivity index (χ2n) is 3.67. The van der Waals surface area contributed by atoms with Crippen LogP contribution in [0.4, 0.5) is 0 Å². The summed E-state index contributed by atoms with van der Waals surface area (Å²) in [6, 6.07) is 0. The molecule has 1 aromatic heterocycles. The van der Waals surface area contributed by atoms with Gasteiger partial charge in [0.2, 0.25) is 0 Å². The monoisotopic (exact) mass is 179 g/mol. The highest BCUT2D eigenvalue weighted by Crippen LogP contribution is 2.25. The van der Waals surface area contributed by atoms with Crippen LogP contribution in [0.5, 0.6) is 0 Å². The number of carbonyl (C=O) groups is 1. The van der Waals surface area contributed by atoms with Crippen molar-refractivity contribution in [3.05, 3.63) is 17.3 Å². The Balaban J connectivity index is 2.40. The number of fused-ring (bicyclic) bond motifs is 1. The molecular formula is C10H13NO2. The number of ketones is 1. The average Bonchev–Trinajstić information content (AvgIpc) is 2.47. The molecule has 0 amide bonds. The van der Waals surface area contributed by atoms with E-state index in [1.807, 2.05) is 6.92 Å². The third-order valence-electron chi connectivity index (χ3n) is 2.38. The molecule has 1 atom stereocenters. The third kappa shape index (κ3) is 1.39. The second kappa shape index (κ2) is 2.98. The van der Waals surface area contributed by atoms with Gasteiger partial charge in [0.05, 0.1) is 0 Å². The highest BCUT2D eigenvalue weighted by Gasteiger charge is 2.27. The lowest BCUT2D eigenvalue weighted by Crippen LogP contribution is -2.16. The van der Waals surface area contributed by atoms with Crippen LogP contribution in [0.2, 0.25) is 0 Å². The van der Waals surface area contributed by atoms with Gasteiger partial charge in [0.15, 0.2) is 11.7 Å². The summed E-state index contributed by atoms with van der Waals surface area (Å²) in [7, 11) is 0. The fourth-order valence-electron chi connectivity index (χ4n) is 1.71. The molecule has 1 aliphatic carbocycles. The molecule has 2 rings (SSSR count). The maximum atomic E-state index is 11.5. The van der Waals surface area contributed by atoms with E-state index in [0.29, 0.717) is 23.9 Å². The van der Waals surface area contributed by atoms with E-state index in [1.54, 1.807) is 0 Å². The van der Waals surface area contributed by atoms with Gasteiger partial charge < -0.3 is 4.42 Å². The lowest BCUT2D eigenvalue weighted by molar-refractivity contribution is 0.0944. The summed E-state index contributed by atoms with van der Waals surface area (Å²) in [5.74, 6) is 2.02. The van der Waals surface area contributed by atoms with Gasteiger partial charge in [0.25, 0.3) is 0 Å². The summed E-state index contributed by atoms with van der Waals surface area (Å²) in [4.78, 5) is 15.7. The molecule has 3 nitrogen and oxygen atoms in total. The summed E-state index contributed by atoms with van der Waals surface area (Å²) >= 11 is 0. The zero-order valence-corrected chi connectivity index (χ0v) is 7.96. The molecule has 1 unspecified atom stereocenters. The number of Topliss-reactive ketones (excluding diaryl/α,β-unsaturated/α-hetero) is 1. The smallest absolute Gasteiger partial charge is 0.194 e. The van der Waals surface area contributed by atoms with Gasteiger partial charge in [0, 0.05) is 19.3 Å². The minimum Gasteiger partial charge on any atom is -0.445 e. The predicted molar refractivity (Wildman–Crippen MR) is 47.7 cm³/mol. The first kappa shape index (κ1) is 8.48. The van der Waals surface area contributed by atoms with Crippen LogP contribution >= 0.6 is 0 Å². The van der Waals surface area contributed by atoms with Crippen LogP contribution < -0.4 is 0 Å². The largest absolute Gasteiger partial charge is 0.445 e. The van der Waals surface area contributed by atoms with E-state index in [1.165, 1.54) is 0 Å². The number of aryl methyl sites for hydroxylation is 1. The molecule has 0 N–H and O–H groups in total. The van der Waals surface area contributed by atoms with Crippen LogP contribution in [-0.4, -0.2) is 10.8 Å². The Morgan fingerprint density at radius 1 is 1.54 bits per heavy atom. The topological polar surface area (TPSA) is 43.1 Å². The highest BCUT2D eigenvalue weighted by atomic mass is 16.4. The molecule has 13 heavy (non-hydrogen) atoms. The minimum atomic E-state index is 0.136. The minimum absolute atomic E-state index is 0.136. The molecule has 3 heteroatoms. The van der Waals surface area contributed by atoms with Crippen LogP contribution in [-0.2, 0) is 12.8 Å². The molecule has 70 valence electrons. The van der Waals surface area contributed by atoms with Crippen molar-refractivity contribution in [1.29, 1.82) is 0 Å². The van der Waals surface area contributed by atoms with Gasteiger partial charge in [0.1, 0.15) is 11.5 Å². The number of nitrogens with zero attached hydrogens (tertiary/aromatic N) is 1. The Labute approximate surface area is 77.2 Å². The fourth-order valence-corrected chi connectivity index (χ4v) is 1.71. The van der Waals surface area contributed by atoms with Gasteiger partial charge in [-0.15, -0.1) is 0 Å². The van der Waals surface area contributed by atoms with E-state index in [9.17, 15) is 4.79 Å². The SMILES string of the molecule is CCc1nc2c(o1)CC(C)CC2=O. The quantitative estimate of drug-likeness (QED) is 0.662. The molecule has 0 fully saturated rings. The normalized spacial score (nSPS) is 21.7. The zero-order valence-electron chi connectivity index (χ0n) is 7.96. The summed E-state index contributed by atoms with van der Waals surface area (Å²) in [5.41, 5.74) is 0.579. The predicted octanol–water partition coefficient (Wildman–Crippen LogP) is 2.00. The summed E-state index contributed by atoms with van der Waals surface area (Å²) < 4.78 is 5.46. The van der Waals surface area contributed by atoms with Crippen molar-refractivity contribution in [2.45, 2.75) is 33.1 Å². The van der Waals surface area contributed by atoms with E-state index < -0.39 is 0 Å². The van der Waals surface area contributed by atoms with E-state index in [-0.39, 0.29) is 5.78 Å². The molecule has 0 aromatic carbocycles. The van der Waals surface area contributed by atoms with Crippen LogP contribution in [0.15, 0.2) is 4.42 Å². The number of rotatable bonds is 1. The van der Waals surface area contributed by atoms with E-state index in [0.717, 1.165) is 18.6 Å². The lowest BCUT2D eigenvalue weighted by atomic mass is 9.91. The van der Waals surface area contributed by atoms with Crippen molar-refractivity contribution in [3.63, 3.8) is 0 Å². The summed E-state index contributed by atoms with van der Waals surface area (Å²) in [6.07, 6.45) is 2.23. The van der Waals surface area contributed by atoms with Crippen molar-refractivity contribution in [3.8, 4) is 0 Å². The molecule has 0 radical (unpaired) electrons. The molecule has 0 aliphatic heterocycles. The standard InChI is InChI=1S/C10H13NO2/c1-3-9-11-10-7(12)4-6(2)5-8(10)13-9/h6H,3-5H2,1-2H3. The molecule has 1 aliphatic rings. The van der Waals surface area contributed by atoms with E-state index in [4.69, 9.17) is 4.42 Å². The number of oxazole rings is 1. The highest BCUT2D eigenvalue weighted by molar-refractivity contribution is 5.96. The number of hydrogen-bond acceptors (Lipinski definition) is 3. The van der Waals surface area contributed by atoms with Crippen LogP contribution in [0.3, 0.4) is 0 Å². The molecular weight excluding hydrogens is 166 g/mol. The van der Waals surface area contributed by atoms with Gasteiger partial charge in [-0.1, -0.05) is 13.8 Å². The lowest BCUT2D eigenvalue weighted by Gasteiger charge is -2.13. The molecule has 0 saturated heterocycles. The third-order valence-corrected chi connectivity index (χ3v) is 2.38. The van der Waals surface area contributed by atoms with Gasteiger partial charge in [-0.25, -0.2) is 4.98 Å². The van der Waals surface area contributed by atoms with Crippen LogP contribution in [0, 0.1) is 5.92 Å². The number of aromatic nitrogens is 1. The van der Waals surface area contributed by atoms with Crippen molar-refractivity contribution >= 4 is 5.78 Å². The molecule has 1 heterocycles. The Bertz CT molecular complexity index is 341. The average molecular weight is 179 g/mol. The molecule has 0 saturated carbocycles. The fraction of sp³-hybridized carbons (Fsp3) is 0.600. The molecule has 0 bridgehead atoms. The molecule has 1 aromatic rings. The van der Waals surface area contributed by atoms with Gasteiger partial charge in [-0.3, -0.25) is 4.79 Å². The van der Waals surface area contributed by atoms with Crippen molar-refractivity contribution in [1.82, 2.24) is 4.98 Å². The van der Waals surface area contributed by atoms with Gasteiger partial charge in [-0.05, 0) is 5.92 Å². The first-order chi connectivity index (χ1) is 6.20. The maximum Gasteiger partial charge on any atom is 0.194 e. The summed E-state index contributed by atoms with van der Waals surface area (Å²) in [6.45, 7) is 4.04. The number of hydrogen-bond donors (Lipinski definition) is 0.